The van der Waals surface area contributed by atoms with Gasteiger partial charge in [-0.2, -0.15) is 0 Å². The lowest BCUT2D eigenvalue weighted by Crippen LogP contribution is -2.33. The lowest BCUT2D eigenvalue weighted by atomic mass is 10.3. The van der Waals surface area contributed by atoms with Gasteiger partial charge in [0.05, 0.1) is 5.69 Å². The van der Waals surface area contributed by atoms with Crippen LogP contribution in [0.25, 0.3) is 0 Å². The Labute approximate surface area is 122 Å². The number of ether oxygens (including phenoxy) is 1. The standard InChI is InChI=1S/C15H28N4O/c1-13(11-18-7-4-5-8-18)16-15-17-14(2)12-19(15)9-6-10-20-3/h12-13H,4-11H2,1-3H3,(H,16,17). The van der Waals surface area contributed by atoms with Crippen LogP contribution >= 0.6 is 0 Å². The van der Waals surface area contributed by atoms with Crippen LogP contribution < -0.4 is 5.32 Å². The highest BCUT2D eigenvalue weighted by Crippen LogP contribution is 2.13. The van der Waals surface area contributed by atoms with Crippen LogP contribution in [0.4, 0.5) is 5.95 Å². The van der Waals surface area contributed by atoms with Crippen molar-refractivity contribution in [2.45, 2.75) is 45.7 Å². The van der Waals surface area contributed by atoms with E-state index >= 15 is 0 Å². The molecule has 0 spiro atoms. The van der Waals surface area contributed by atoms with E-state index in [0.717, 1.165) is 37.8 Å². The molecule has 1 fully saturated rings. The molecule has 20 heavy (non-hydrogen) atoms. The highest BCUT2D eigenvalue weighted by Gasteiger charge is 2.16. The first-order valence-electron chi connectivity index (χ1n) is 7.70. The predicted octanol–water partition coefficient (Wildman–Crippen LogP) is 2.12. The van der Waals surface area contributed by atoms with Crippen molar-refractivity contribution in [1.82, 2.24) is 14.5 Å². The number of likely N-dealkylation sites (tertiary alicyclic amines) is 1. The Morgan fingerprint density at radius 1 is 1.40 bits per heavy atom. The molecule has 1 unspecified atom stereocenters. The molecular formula is C15H28N4O. The minimum absolute atomic E-state index is 0.427. The fourth-order valence-electron chi connectivity index (χ4n) is 2.83. The molecule has 0 amide bonds. The summed E-state index contributed by atoms with van der Waals surface area (Å²) in [5.74, 6) is 0.991. The number of rotatable bonds is 8. The highest BCUT2D eigenvalue weighted by molar-refractivity contribution is 5.30. The van der Waals surface area contributed by atoms with E-state index in [-0.39, 0.29) is 0 Å². The van der Waals surface area contributed by atoms with Gasteiger partial charge in [-0.15, -0.1) is 0 Å². The third-order valence-electron chi connectivity index (χ3n) is 3.75. The first-order chi connectivity index (χ1) is 9.69. The van der Waals surface area contributed by atoms with Crippen LogP contribution in [0.3, 0.4) is 0 Å². The summed E-state index contributed by atoms with van der Waals surface area (Å²) >= 11 is 0. The van der Waals surface area contributed by atoms with Crippen molar-refractivity contribution < 1.29 is 4.74 Å². The number of aryl methyl sites for hydroxylation is 2. The first kappa shape index (κ1) is 15.3. The van der Waals surface area contributed by atoms with Gasteiger partial charge in [-0.05, 0) is 46.2 Å². The summed E-state index contributed by atoms with van der Waals surface area (Å²) in [6, 6.07) is 0.427. The summed E-state index contributed by atoms with van der Waals surface area (Å²) in [5.41, 5.74) is 1.07. The number of methoxy groups -OCH3 is 1. The maximum absolute atomic E-state index is 5.12. The third kappa shape index (κ3) is 4.49. The second-order valence-corrected chi connectivity index (χ2v) is 5.80. The van der Waals surface area contributed by atoms with Crippen molar-refractivity contribution in [3.63, 3.8) is 0 Å². The minimum atomic E-state index is 0.427. The van der Waals surface area contributed by atoms with Gasteiger partial charge in [0, 0.05) is 39.0 Å². The normalized spacial score (nSPS) is 17.6. The predicted molar refractivity (Wildman–Crippen MR) is 82.2 cm³/mol. The van der Waals surface area contributed by atoms with Gasteiger partial charge in [-0.3, -0.25) is 0 Å². The highest BCUT2D eigenvalue weighted by atomic mass is 16.5. The van der Waals surface area contributed by atoms with Crippen molar-refractivity contribution in [2.75, 3.05) is 38.7 Å². The topological polar surface area (TPSA) is 42.3 Å². The average molecular weight is 280 g/mol. The molecule has 1 N–H and O–H groups in total. The largest absolute Gasteiger partial charge is 0.385 e. The summed E-state index contributed by atoms with van der Waals surface area (Å²) in [6.07, 6.45) is 5.82. The molecule has 1 saturated heterocycles. The van der Waals surface area contributed by atoms with Gasteiger partial charge in [-0.1, -0.05) is 0 Å². The molecule has 5 heteroatoms. The van der Waals surface area contributed by atoms with Crippen molar-refractivity contribution in [3.05, 3.63) is 11.9 Å². The van der Waals surface area contributed by atoms with Crippen LogP contribution in [0.15, 0.2) is 6.20 Å². The molecule has 114 valence electrons. The van der Waals surface area contributed by atoms with E-state index in [4.69, 9.17) is 4.74 Å². The van der Waals surface area contributed by atoms with E-state index in [1.54, 1.807) is 7.11 Å². The van der Waals surface area contributed by atoms with E-state index in [9.17, 15) is 0 Å². The molecule has 5 nitrogen and oxygen atoms in total. The van der Waals surface area contributed by atoms with Gasteiger partial charge in [0.15, 0.2) is 0 Å². The molecule has 2 heterocycles. The van der Waals surface area contributed by atoms with E-state index in [0.29, 0.717) is 6.04 Å². The van der Waals surface area contributed by atoms with Gasteiger partial charge in [-0.25, -0.2) is 4.98 Å². The van der Waals surface area contributed by atoms with Crippen LogP contribution in [-0.2, 0) is 11.3 Å². The number of aromatic nitrogens is 2. The van der Waals surface area contributed by atoms with Crippen molar-refractivity contribution in [1.29, 1.82) is 0 Å². The average Bonchev–Trinajstić information content (AvgIpc) is 3.00. The second-order valence-electron chi connectivity index (χ2n) is 5.80. The monoisotopic (exact) mass is 280 g/mol. The van der Waals surface area contributed by atoms with Gasteiger partial charge in [0.25, 0.3) is 0 Å². The molecule has 1 atom stereocenters. The van der Waals surface area contributed by atoms with Crippen LogP contribution in [0, 0.1) is 6.92 Å². The number of nitrogens with zero attached hydrogens (tertiary/aromatic N) is 3. The fourth-order valence-corrected chi connectivity index (χ4v) is 2.83. The smallest absolute Gasteiger partial charge is 0.203 e. The number of anilines is 1. The van der Waals surface area contributed by atoms with Crippen LogP contribution in [0.5, 0.6) is 0 Å². The number of nitrogens with one attached hydrogen (secondary N) is 1. The Morgan fingerprint density at radius 2 is 2.15 bits per heavy atom. The zero-order chi connectivity index (χ0) is 14.4. The van der Waals surface area contributed by atoms with Crippen LogP contribution in [0.2, 0.25) is 0 Å². The summed E-state index contributed by atoms with van der Waals surface area (Å²) < 4.78 is 7.32. The first-order valence-corrected chi connectivity index (χ1v) is 7.70. The van der Waals surface area contributed by atoms with Gasteiger partial charge < -0.3 is 19.5 Å². The summed E-state index contributed by atoms with van der Waals surface area (Å²) in [5, 5.41) is 3.55. The Balaban J connectivity index is 1.86. The van der Waals surface area contributed by atoms with E-state index in [2.05, 4.69) is 32.9 Å². The quantitative estimate of drug-likeness (QED) is 0.741. The molecule has 0 saturated carbocycles. The van der Waals surface area contributed by atoms with Gasteiger partial charge in [0.1, 0.15) is 0 Å². The van der Waals surface area contributed by atoms with E-state index in [1.807, 2.05) is 6.92 Å². The lowest BCUT2D eigenvalue weighted by molar-refractivity contribution is 0.190. The third-order valence-corrected chi connectivity index (χ3v) is 3.75. The maximum Gasteiger partial charge on any atom is 0.203 e. The molecule has 0 radical (unpaired) electrons. The minimum Gasteiger partial charge on any atom is -0.385 e. The Morgan fingerprint density at radius 3 is 2.85 bits per heavy atom. The van der Waals surface area contributed by atoms with E-state index < -0.39 is 0 Å². The fraction of sp³-hybridized carbons (Fsp3) is 0.800. The molecule has 1 aromatic heterocycles. The van der Waals surface area contributed by atoms with Gasteiger partial charge in [0.2, 0.25) is 5.95 Å². The second kappa shape index (κ2) is 7.64. The van der Waals surface area contributed by atoms with Crippen LogP contribution in [-0.4, -0.2) is 53.8 Å². The lowest BCUT2D eigenvalue weighted by Gasteiger charge is -2.22. The molecule has 0 aliphatic carbocycles. The number of imidazole rings is 1. The molecule has 1 aliphatic rings. The number of hydrogen-bond donors (Lipinski definition) is 1. The Hall–Kier alpha value is -1.07. The Bertz CT molecular complexity index is 399. The molecule has 2 rings (SSSR count). The van der Waals surface area contributed by atoms with Gasteiger partial charge >= 0.3 is 0 Å². The molecule has 1 aromatic rings. The van der Waals surface area contributed by atoms with Crippen molar-refractivity contribution in [2.24, 2.45) is 0 Å². The SMILES string of the molecule is COCCCn1cc(C)nc1NC(C)CN1CCCC1. The van der Waals surface area contributed by atoms with E-state index in [1.165, 1.54) is 25.9 Å². The van der Waals surface area contributed by atoms with Crippen LogP contribution in [0.1, 0.15) is 31.9 Å². The molecule has 0 aromatic carbocycles. The van der Waals surface area contributed by atoms with Crippen molar-refractivity contribution in [3.8, 4) is 0 Å². The molecule has 1 aliphatic heterocycles. The summed E-state index contributed by atoms with van der Waals surface area (Å²) in [6.45, 7) is 9.61. The zero-order valence-electron chi connectivity index (χ0n) is 13.1. The summed E-state index contributed by atoms with van der Waals surface area (Å²) in [4.78, 5) is 7.13. The molecular weight excluding hydrogens is 252 g/mol. The Kier molecular flexibility index (Phi) is 5.86. The maximum atomic E-state index is 5.12. The van der Waals surface area contributed by atoms with Crippen molar-refractivity contribution >= 4 is 5.95 Å². The molecule has 0 bridgehead atoms. The zero-order valence-corrected chi connectivity index (χ0v) is 13.1. The number of hydrogen-bond acceptors (Lipinski definition) is 4. The summed E-state index contributed by atoms with van der Waals surface area (Å²) in [7, 11) is 1.75.